The monoisotopic (exact) mass is 400 g/mol. The first-order valence-corrected chi connectivity index (χ1v) is 9.34. The number of carbonyl (C=O) groups is 1. The maximum atomic E-state index is 12.8. The highest BCUT2D eigenvalue weighted by Gasteiger charge is 2.48. The molecule has 0 radical (unpaired) electrons. The number of carbonyl (C=O) groups excluding carboxylic acids is 1. The lowest BCUT2D eigenvalue weighted by Gasteiger charge is -2.36. The van der Waals surface area contributed by atoms with Crippen molar-refractivity contribution in [2.45, 2.75) is 24.9 Å². The van der Waals surface area contributed by atoms with E-state index < -0.39 is 0 Å². The number of ether oxygens (including phenoxy) is 5. The van der Waals surface area contributed by atoms with Crippen molar-refractivity contribution >= 4 is 5.78 Å². The first kappa shape index (κ1) is 17.9. The number of Topliss-reactive ketones (excluding diaryl/α,β-unsaturated/α-hetero) is 1. The molecule has 8 nitrogen and oxygen atoms in total. The molecule has 2 aromatic carbocycles. The lowest BCUT2D eigenvalue weighted by molar-refractivity contribution is -0.139. The zero-order valence-electron chi connectivity index (χ0n) is 16.0. The zero-order chi connectivity index (χ0) is 20.1. The molecule has 8 heteroatoms. The maximum Gasteiger partial charge on any atom is 0.231 e. The number of hydrogen-bond acceptors (Lipinski definition) is 8. The molecule has 3 aliphatic rings. The van der Waals surface area contributed by atoms with E-state index in [2.05, 4.69) is 4.89 Å². The van der Waals surface area contributed by atoms with Crippen molar-refractivity contribution in [3.05, 3.63) is 35.4 Å². The summed E-state index contributed by atoms with van der Waals surface area (Å²) < 4.78 is 27.9. The summed E-state index contributed by atoms with van der Waals surface area (Å²) in [6, 6.07) is 7.14. The van der Waals surface area contributed by atoms with Crippen LogP contribution >= 0.6 is 0 Å². The molecule has 2 heterocycles. The van der Waals surface area contributed by atoms with Crippen LogP contribution in [0.1, 0.15) is 29.9 Å². The van der Waals surface area contributed by atoms with Crippen LogP contribution in [0.15, 0.2) is 24.3 Å². The van der Waals surface area contributed by atoms with E-state index >= 15 is 0 Å². The van der Waals surface area contributed by atoms with Gasteiger partial charge in [0.05, 0.1) is 20.1 Å². The molecule has 3 atom stereocenters. The second kappa shape index (κ2) is 6.73. The van der Waals surface area contributed by atoms with Crippen LogP contribution in [0.5, 0.6) is 34.5 Å². The van der Waals surface area contributed by atoms with Gasteiger partial charge in [-0.25, -0.2) is 5.26 Å². The molecule has 0 bridgehead atoms. The van der Waals surface area contributed by atoms with Crippen molar-refractivity contribution in [1.29, 1.82) is 0 Å². The van der Waals surface area contributed by atoms with E-state index in [1.165, 1.54) is 14.2 Å². The summed E-state index contributed by atoms with van der Waals surface area (Å²) in [6.07, 6.45) is 0.889. The van der Waals surface area contributed by atoms with Crippen LogP contribution in [0.25, 0.3) is 0 Å². The summed E-state index contributed by atoms with van der Waals surface area (Å²) in [5.74, 6) is 2.14. The predicted molar refractivity (Wildman–Crippen MR) is 99.4 cm³/mol. The topological polar surface area (TPSA) is 92.7 Å². The Bertz CT molecular complexity index is 960. The zero-order valence-corrected chi connectivity index (χ0v) is 16.0. The van der Waals surface area contributed by atoms with Crippen molar-refractivity contribution in [2.75, 3.05) is 21.0 Å². The number of ketones is 1. The Balaban J connectivity index is 1.71. The fourth-order valence-electron chi connectivity index (χ4n) is 4.60. The van der Waals surface area contributed by atoms with Gasteiger partial charge in [-0.3, -0.25) is 4.79 Å². The molecule has 0 amide bonds. The van der Waals surface area contributed by atoms with E-state index in [0.717, 1.165) is 11.1 Å². The van der Waals surface area contributed by atoms with Gasteiger partial charge >= 0.3 is 0 Å². The second-order valence-electron chi connectivity index (χ2n) is 7.25. The number of benzene rings is 2. The summed E-state index contributed by atoms with van der Waals surface area (Å²) in [6.45, 7) is 0.146. The minimum atomic E-state index is -0.354. The van der Waals surface area contributed by atoms with Crippen LogP contribution in [0, 0.1) is 5.92 Å². The van der Waals surface area contributed by atoms with Gasteiger partial charge in [0, 0.05) is 24.0 Å². The minimum absolute atomic E-state index is 0.109. The average molecular weight is 400 g/mol. The summed E-state index contributed by atoms with van der Waals surface area (Å²) in [7, 11) is 2.96. The molecule has 1 N–H and O–H groups in total. The van der Waals surface area contributed by atoms with Gasteiger partial charge in [0.1, 0.15) is 17.6 Å². The molecule has 29 heavy (non-hydrogen) atoms. The molecule has 1 aliphatic carbocycles. The number of methoxy groups -OCH3 is 2. The standard InChI is InChI=1S/C21H20O8/c1-24-17-5-10(6-18(29-23)21(17)25-2)19-11-7-15-16(27-9-26-15)8-14(11)28-13-4-3-12(22)20(13)19/h5-8,13,19-20,23H,3-4,9H2,1-2H3. The Morgan fingerprint density at radius 1 is 1.00 bits per heavy atom. The fraction of sp³-hybridized carbons (Fsp3) is 0.381. The third kappa shape index (κ3) is 2.66. The van der Waals surface area contributed by atoms with Gasteiger partial charge in [-0.05, 0) is 30.2 Å². The minimum Gasteiger partial charge on any atom is -0.493 e. The van der Waals surface area contributed by atoms with Crippen LogP contribution in [0.3, 0.4) is 0 Å². The highest BCUT2D eigenvalue weighted by Crippen LogP contribution is 2.53. The van der Waals surface area contributed by atoms with Gasteiger partial charge in [-0.1, -0.05) is 0 Å². The average Bonchev–Trinajstić information content (AvgIpc) is 3.35. The van der Waals surface area contributed by atoms with Crippen LogP contribution in [0.4, 0.5) is 0 Å². The quantitative estimate of drug-likeness (QED) is 0.618. The van der Waals surface area contributed by atoms with Gasteiger partial charge in [0.2, 0.25) is 18.3 Å². The predicted octanol–water partition coefficient (Wildman–Crippen LogP) is 3.16. The second-order valence-corrected chi connectivity index (χ2v) is 7.25. The Hall–Kier alpha value is -3.13. The molecule has 3 unspecified atom stereocenters. The molecule has 1 saturated carbocycles. The molecular weight excluding hydrogens is 380 g/mol. The largest absolute Gasteiger partial charge is 0.493 e. The third-order valence-electron chi connectivity index (χ3n) is 5.85. The maximum absolute atomic E-state index is 12.8. The smallest absolute Gasteiger partial charge is 0.231 e. The van der Waals surface area contributed by atoms with Crippen molar-refractivity contribution in [3.63, 3.8) is 0 Å². The van der Waals surface area contributed by atoms with E-state index in [4.69, 9.17) is 23.7 Å². The Morgan fingerprint density at radius 3 is 2.48 bits per heavy atom. The molecule has 1 fully saturated rings. The summed E-state index contributed by atoms with van der Waals surface area (Å²) in [5.41, 5.74) is 1.57. The van der Waals surface area contributed by atoms with Crippen LogP contribution in [0.2, 0.25) is 0 Å². The summed E-state index contributed by atoms with van der Waals surface area (Å²) >= 11 is 0. The number of rotatable bonds is 4. The van der Waals surface area contributed by atoms with E-state index in [-0.39, 0.29) is 42.0 Å². The Morgan fingerprint density at radius 2 is 1.76 bits per heavy atom. The van der Waals surface area contributed by atoms with Crippen molar-refractivity contribution in [1.82, 2.24) is 0 Å². The Labute approximate surface area is 166 Å². The van der Waals surface area contributed by atoms with Crippen LogP contribution < -0.4 is 28.6 Å². The van der Waals surface area contributed by atoms with E-state index in [0.29, 0.717) is 35.8 Å². The van der Waals surface area contributed by atoms with Crippen LogP contribution in [-0.4, -0.2) is 38.2 Å². The highest BCUT2D eigenvalue weighted by molar-refractivity contribution is 5.86. The third-order valence-corrected chi connectivity index (χ3v) is 5.85. The first-order valence-electron chi connectivity index (χ1n) is 9.34. The van der Waals surface area contributed by atoms with E-state index in [9.17, 15) is 10.1 Å². The van der Waals surface area contributed by atoms with Gasteiger partial charge < -0.3 is 28.6 Å². The number of fused-ring (bicyclic) bond motifs is 3. The summed E-state index contributed by atoms with van der Waals surface area (Å²) in [4.78, 5) is 17.3. The highest BCUT2D eigenvalue weighted by atomic mass is 17.1. The molecule has 152 valence electrons. The molecule has 0 spiro atoms. The molecule has 0 saturated heterocycles. The number of hydrogen-bond donors (Lipinski definition) is 1. The molecule has 2 aliphatic heterocycles. The summed E-state index contributed by atoms with van der Waals surface area (Å²) in [5, 5.41) is 9.39. The fourth-order valence-corrected chi connectivity index (χ4v) is 4.60. The molecule has 2 aromatic rings. The lowest BCUT2D eigenvalue weighted by Crippen LogP contribution is -2.35. The van der Waals surface area contributed by atoms with Gasteiger partial charge in [0.25, 0.3) is 0 Å². The normalized spacial score (nSPS) is 23.8. The van der Waals surface area contributed by atoms with E-state index in [1.54, 1.807) is 12.1 Å². The van der Waals surface area contributed by atoms with Crippen molar-refractivity contribution in [3.8, 4) is 34.5 Å². The molecular formula is C21H20O8. The van der Waals surface area contributed by atoms with Gasteiger partial charge in [-0.2, -0.15) is 0 Å². The van der Waals surface area contributed by atoms with Gasteiger partial charge in [0.15, 0.2) is 17.2 Å². The van der Waals surface area contributed by atoms with Crippen LogP contribution in [-0.2, 0) is 4.79 Å². The lowest BCUT2D eigenvalue weighted by atomic mass is 9.76. The van der Waals surface area contributed by atoms with Gasteiger partial charge in [-0.15, -0.1) is 0 Å². The van der Waals surface area contributed by atoms with Crippen molar-refractivity contribution < 1.29 is 38.6 Å². The molecule has 0 aromatic heterocycles. The van der Waals surface area contributed by atoms with Crippen molar-refractivity contribution in [2.24, 2.45) is 5.92 Å². The SMILES string of the molecule is COc1cc(C2c3cc4c(cc3OC3CCC(=O)C32)OCO4)cc(OO)c1OC. The first-order chi connectivity index (χ1) is 14.1. The van der Waals surface area contributed by atoms with E-state index in [1.807, 2.05) is 12.1 Å². The molecule has 5 rings (SSSR count). The Kier molecular flexibility index (Phi) is 4.16.